The van der Waals surface area contributed by atoms with Crippen molar-refractivity contribution in [2.45, 2.75) is 12.7 Å². The van der Waals surface area contributed by atoms with Crippen LogP contribution in [0.4, 0.5) is 5.69 Å². The molecule has 27 heavy (non-hydrogen) atoms. The number of hydrogen-bond donors (Lipinski definition) is 1. The fourth-order valence-corrected chi connectivity index (χ4v) is 4.02. The average Bonchev–Trinajstić information content (AvgIpc) is 2.67. The molecular formula is C20H23ClN2O3S. The van der Waals surface area contributed by atoms with Gasteiger partial charge in [0.25, 0.3) is 0 Å². The Morgan fingerprint density at radius 1 is 1.15 bits per heavy atom. The van der Waals surface area contributed by atoms with E-state index in [1.807, 2.05) is 18.0 Å². The highest BCUT2D eigenvalue weighted by Gasteiger charge is 2.21. The minimum absolute atomic E-state index is 0.360. The molecule has 144 valence electrons. The molecule has 2 aromatic rings. The normalized spacial score (nSPS) is 15.0. The van der Waals surface area contributed by atoms with Gasteiger partial charge in [0.1, 0.15) is 5.75 Å². The Hall–Kier alpha value is -1.89. The number of rotatable bonds is 7. The molecule has 0 unspecified atom stereocenters. The first-order valence-corrected chi connectivity index (χ1v) is 10.2. The van der Waals surface area contributed by atoms with Gasteiger partial charge >= 0.3 is 5.97 Å². The molecule has 7 heteroatoms. The molecule has 1 aliphatic heterocycles. The molecule has 0 amide bonds. The number of aliphatic carboxylic acids is 1. The minimum Gasteiger partial charge on any atom is -0.480 e. The summed E-state index contributed by atoms with van der Waals surface area (Å²) in [5.41, 5.74) is 3.46. The van der Waals surface area contributed by atoms with Gasteiger partial charge in [-0.1, -0.05) is 53.4 Å². The second kappa shape index (κ2) is 9.35. The van der Waals surface area contributed by atoms with Crippen molar-refractivity contribution in [2.75, 3.05) is 37.7 Å². The maximum atomic E-state index is 10.8. The van der Waals surface area contributed by atoms with Crippen LogP contribution >= 0.6 is 23.5 Å². The Morgan fingerprint density at radius 2 is 1.85 bits per heavy atom. The van der Waals surface area contributed by atoms with Crippen LogP contribution in [0, 0.1) is 6.92 Å². The Kier molecular flexibility index (Phi) is 6.88. The molecule has 0 aliphatic carbocycles. The average molecular weight is 407 g/mol. The minimum atomic E-state index is -0.992. The van der Waals surface area contributed by atoms with Gasteiger partial charge in [0.2, 0.25) is 0 Å². The molecule has 0 saturated carbocycles. The van der Waals surface area contributed by atoms with E-state index in [-0.39, 0.29) is 6.61 Å². The van der Waals surface area contributed by atoms with Crippen LogP contribution in [0.15, 0.2) is 42.5 Å². The molecule has 1 saturated heterocycles. The lowest BCUT2D eigenvalue weighted by Crippen LogP contribution is -2.43. The highest BCUT2D eigenvalue weighted by atomic mass is 35.5. The Labute approximate surface area is 169 Å². The number of piperazine rings is 1. The summed E-state index contributed by atoms with van der Waals surface area (Å²) in [6.45, 7) is 5.25. The van der Waals surface area contributed by atoms with Crippen molar-refractivity contribution >= 4 is 35.2 Å². The molecule has 0 aromatic heterocycles. The topological polar surface area (TPSA) is 53.0 Å². The molecule has 0 radical (unpaired) electrons. The van der Waals surface area contributed by atoms with Crippen LogP contribution in [0.25, 0.3) is 0 Å². The highest BCUT2D eigenvalue weighted by Crippen LogP contribution is 2.33. The fraction of sp³-hybridized carbons (Fsp3) is 0.350. The SMILES string of the molecule is Cc1ccc(CSN2CCN(c3cc(Cl)ccc3OCC(=O)O)CC2)cc1. The van der Waals surface area contributed by atoms with Gasteiger partial charge < -0.3 is 14.7 Å². The molecule has 0 bridgehead atoms. The third-order valence-corrected chi connectivity index (χ3v) is 5.81. The maximum Gasteiger partial charge on any atom is 0.341 e. The summed E-state index contributed by atoms with van der Waals surface area (Å²) in [4.78, 5) is 13.0. The molecule has 3 rings (SSSR count). The van der Waals surface area contributed by atoms with E-state index < -0.39 is 5.97 Å². The van der Waals surface area contributed by atoms with Gasteiger partial charge in [-0.2, -0.15) is 0 Å². The molecule has 1 N–H and O–H groups in total. The number of carbonyl (C=O) groups is 1. The zero-order chi connectivity index (χ0) is 19.2. The predicted octanol–water partition coefficient (Wildman–Crippen LogP) is 4.08. The second-order valence-corrected chi connectivity index (χ2v) is 7.97. The standard InChI is InChI=1S/C20H23ClN2O3S/c1-15-2-4-16(5-3-15)14-27-23-10-8-22(9-11-23)18-12-17(21)6-7-19(18)26-13-20(24)25/h2-7,12H,8-11,13-14H2,1H3,(H,24,25). The van der Waals surface area contributed by atoms with Crippen LogP contribution in [0.5, 0.6) is 5.75 Å². The van der Waals surface area contributed by atoms with Crippen molar-refractivity contribution in [3.63, 3.8) is 0 Å². The van der Waals surface area contributed by atoms with E-state index in [1.54, 1.807) is 12.1 Å². The lowest BCUT2D eigenvalue weighted by atomic mass is 10.2. The quantitative estimate of drug-likeness (QED) is 0.699. The first-order valence-electron chi connectivity index (χ1n) is 8.84. The lowest BCUT2D eigenvalue weighted by molar-refractivity contribution is -0.139. The van der Waals surface area contributed by atoms with Gasteiger partial charge in [0.15, 0.2) is 6.61 Å². The van der Waals surface area contributed by atoms with Crippen molar-refractivity contribution in [3.8, 4) is 5.75 Å². The number of aryl methyl sites for hydroxylation is 1. The van der Waals surface area contributed by atoms with Crippen LogP contribution in [0.3, 0.4) is 0 Å². The summed E-state index contributed by atoms with van der Waals surface area (Å²) in [5.74, 6) is 0.528. The van der Waals surface area contributed by atoms with Gasteiger partial charge in [-0.15, -0.1) is 0 Å². The molecule has 0 spiro atoms. The molecule has 1 fully saturated rings. The Morgan fingerprint density at radius 3 is 2.52 bits per heavy atom. The monoisotopic (exact) mass is 406 g/mol. The number of carboxylic acid groups (broad SMARTS) is 1. The van der Waals surface area contributed by atoms with E-state index in [0.717, 1.165) is 37.6 Å². The van der Waals surface area contributed by atoms with Crippen LogP contribution in [0.2, 0.25) is 5.02 Å². The summed E-state index contributed by atoms with van der Waals surface area (Å²) in [6, 6.07) is 13.9. The van der Waals surface area contributed by atoms with Gasteiger partial charge in [0.05, 0.1) is 5.69 Å². The van der Waals surface area contributed by atoms with Crippen molar-refractivity contribution in [1.82, 2.24) is 4.31 Å². The van der Waals surface area contributed by atoms with Crippen molar-refractivity contribution < 1.29 is 14.6 Å². The third kappa shape index (κ3) is 5.79. The van der Waals surface area contributed by atoms with Gasteiger partial charge in [-0.05, 0) is 30.7 Å². The molecular weight excluding hydrogens is 384 g/mol. The lowest BCUT2D eigenvalue weighted by Gasteiger charge is -2.36. The first kappa shape index (κ1) is 19.9. The van der Waals surface area contributed by atoms with E-state index in [0.29, 0.717) is 10.8 Å². The Bertz CT molecular complexity index is 777. The second-order valence-electron chi connectivity index (χ2n) is 6.47. The molecule has 0 atom stereocenters. The zero-order valence-corrected chi connectivity index (χ0v) is 16.8. The van der Waals surface area contributed by atoms with Crippen LogP contribution in [-0.2, 0) is 10.5 Å². The molecule has 5 nitrogen and oxygen atoms in total. The van der Waals surface area contributed by atoms with E-state index in [4.69, 9.17) is 21.4 Å². The van der Waals surface area contributed by atoms with Crippen molar-refractivity contribution in [2.24, 2.45) is 0 Å². The largest absolute Gasteiger partial charge is 0.480 e. The summed E-state index contributed by atoms with van der Waals surface area (Å²) in [6.07, 6.45) is 0. The van der Waals surface area contributed by atoms with E-state index >= 15 is 0 Å². The predicted molar refractivity (Wildman–Crippen MR) is 111 cm³/mol. The molecule has 1 aliphatic rings. The van der Waals surface area contributed by atoms with Crippen molar-refractivity contribution in [3.05, 3.63) is 58.6 Å². The number of ether oxygens (including phenoxy) is 1. The summed E-state index contributed by atoms with van der Waals surface area (Å²) in [7, 11) is 0. The first-order chi connectivity index (χ1) is 13.0. The maximum absolute atomic E-state index is 10.8. The van der Waals surface area contributed by atoms with Crippen molar-refractivity contribution in [1.29, 1.82) is 0 Å². The molecule has 1 heterocycles. The number of nitrogens with zero attached hydrogens (tertiary/aromatic N) is 2. The van der Waals surface area contributed by atoms with E-state index in [1.165, 1.54) is 11.1 Å². The number of anilines is 1. The van der Waals surface area contributed by atoms with Crippen LogP contribution in [0.1, 0.15) is 11.1 Å². The summed E-state index contributed by atoms with van der Waals surface area (Å²) < 4.78 is 7.80. The molecule has 2 aromatic carbocycles. The number of carboxylic acids is 1. The smallest absolute Gasteiger partial charge is 0.341 e. The van der Waals surface area contributed by atoms with Gasteiger partial charge in [-0.3, -0.25) is 0 Å². The summed E-state index contributed by atoms with van der Waals surface area (Å²) >= 11 is 7.99. The number of halogens is 1. The fourth-order valence-electron chi connectivity index (χ4n) is 2.91. The summed E-state index contributed by atoms with van der Waals surface area (Å²) in [5, 5.41) is 9.47. The van der Waals surface area contributed by atoms with Gasteiger partial charge in [-0.25, -0.2) is 9.10 Å². The Balaban J connectivity index is 1.56. The third-order valence-electron chi connectivity index (χ3n) is 4.39. The van der Waals surface area contributed by atoms with Gasteiger partial charge in [0, 0.05) is 37.0 Å². The van der Waals surface area contributed by atoms with Crippen LogP contribution in [-0.4, -0.2) is 48.2 Å². The van der Waals surface area contributed by atoms with E-state index in [9.17, 15) is 4.79 Å². The highest BCUT2D eigenvalue weighted by molar-refractivity contribution is 7.96. The zero-order valence-electron chi connectivity index (χ0n) is 15.2. The number of hydrogen-bond acceptors (Lipinski definition) is 5. The van der Waals surface area contributed by atoms with Crippen LogP contribution < -0.4 is 9.64 Å². The number of benzene rings is 2. The van der Waals surface area contributed by atoms with E-state index in [2.05, 4.69) is 40.4 Å².